The molecule has 0 aromatic heterocycles. The fourth-order valence-corrected chi connectivity index (χ4v) is 2.91. The van der Waals surface area contributed by atoms with Gasteiger partial charge in [0.25, 0.3) is 0 Å². The van der Waals surface area contributed by atoms with Crippen LogP contribution < -0.4 is 14.2 Å². The van der Waals surface area contributed by atoms with Crippen molar-refractivity contribution in [2.24, 2.45) is 0 Å². The van der Waals surface area contributed by atoms with Crippen molar-refractivity contribution in [1.82, 2.24) is 0 Å². The van der Waals surface area contributed by atoms with Crippen LogP contribution in [0.15, 0.2) is 40.9 Å². The highest BCUT2D eigenvalue weighted by molar-refractivity contribution is 9.10. The van der Waals surface area contributed by atoms with Crippen molar-refractivity contribution in [3.63, 3.8) is 0 Å². The maximum Gasteiger partial charge on any atom is 0.161 e. The number of ether oxygens (including phenoxy) is 3. The lowest BCUT2D eigenvalue weighted by Crippen LogP contribution is -2.00. The Morgan fingerprint density at radius 3 is 2.43 bits per heavy atom. The third-order valence-corrected chi connectivity index (χ3v) is 4.25. The van der Waals surface area contributed by atoms with E-state index in [0.29, 0.717) is 18.1 Å². The molecule has 112 valence electrons. The molecule has 0 fully saturated rings. The van der Waals surface area contributed by atoms with Crippen molar-refractivity contribution >= 4 is 31.9 Å². The van der Waals surface area contributed by atoms with E-state index in [1.807, 2.05) is 36.4 Å². The van der Waals surface area contributed by atoms with Gasteiger partial charge in [-0.2, -0.15) is 0 Å². The molecule has 0 aliphatic heterocycles. The highest BCUT2D eigenvalue weighted by Gasteiger charge is 2.09. The predicted octanol–water partition coefficient (Wildman–Crippen LogP) is 4.94. The molecule has 2 aromatic carbocycles. The first-order valence-electron chi connectivity index (χ1n) is 6.36. The van der Waals surface area contributed by atoms with E-state index >= 15 is 0 Å². The number of para-hydroxylation sites is 1. The molecule has 5 heteroatoms. The normalized spacial score (nSPS) is 10.3. The molecule has 0 N–H and O–H groups in total. The number of methoxy groups -OCH3 is 2. The van der Waals surface area contributed by atoms with Crippen LogP contribution in [0.5, 0.6) is 17.2 Å². The molecule has 0 saturated heterocycles. The van der Waals surface area contributed by atoms with Crippen LogP contribution >= 0.6 is 31.9 Å². The van der Waals surface area contributed by atoms with E-state index in [9.17, 15) is 0 Å². The quantitative estimate of drug-likeness (QED) is 0.625. The Bertz CT molecular complexity index is 614. The van der Waals surface area contributed by atoms with Crippen molar-refractivity contribution in [3.05, 3.63) is 52.0 Å². The summed E-state index contributed by atoms with van der Waals surface area (Å²) in [4.78, 5) is 0. The summed E-state index contributed by atoms with van der Waals surface area (Å²) in [6, 6.07) is 11.8. The smallest absolute Gasteiger partial charge is 0.161 e. The molecule has 0 aliphatic rings. The fraction of sp³-hybridized carbons (Fsp3) is 0.250. The van der Waals surface area contributed by atoms with Gasteiger partial charge in [0.15, 0.2) is 11.5 Å². The summed E-state index contributed by atoms with van der Waals surface area (Å²) in [6.45, 7) is 0.461. The third-order valence-electron chi connectivity index (χ3n) is 3.02. The van der Waals surface area contributed by atoms with Crippen molar-refractivity contribution in [3.8, 4) is 17.2 Å². The molecule has 0 aliphatic carbocycles. The lowest BCUT2D eigenvalue weighted by Gasteiger charge is -2.13. The molecule has 0 radical (unpaired) electrons. The van der Waals surface area contributed by atoms with E-state index in [1.54, 1.807) is 14.2 Å². The first-order chi connectivity index (χ1) is 10.2. The number of hydrogen-bond donors (Lipinski definition) is 0. The molecule has 0 unspecified atom stereocenters. The van der Waals surface area contributed by atoms with Crippen molar-refractivity contribution in [2.45, 2.75) is 11.9 Å². The molecule has 0 atom stereocenters. The lowest BCUT2D eigenvalue weighted by molar-refractivity contribution is 0.300. The van der Waals surface area contributed by atoms with Gasteiger partial charge in [-0.25, -0.2) is 0 Å². The van der Waals surface area contributed by atoms with Gasteiger partial charge in [-0.3, -0.25) is 0 Å². The summed E-state index contributed by atoms with van der Waals surface area (Å²) in [5.74, 6) is 2.26. The second kappa shape index (κ2) is 7.71. The zero-order chi connectivity index (χ0) is 15.2. The molecule has 0 saturated carbocycles. The summed E-state index contributed by atoms with van der Waals surface area (Å²) in [7, 11) is 3.25. The summed E-state index contributed by atoms with van der Waals surface area (Å²) in [6.07, 6.45) is 0. The van der Waals surface area contributed by atoms with Crippen LogP contribution in [0.1, 0.15) is 11.1 Å². The number of halogens is 2. The zero-order valence-electron chi connectivity index (χ0n) is 11.9. The predicted molar refractivity (Wildman–Crippen MR) is 90.7 cm³/mol. The van der Waals surface area contributed by atoms with Gasteiger partial charge in [0.1, 0.15) is 12.4 Å². The molecule has 0 amide bonds. The van der Waals surface area contributed by atoms with Crippen LogP contribution in [0.2, 0.25) is 0 Å². The van der Waals surface area contributed by atoms with E-state index in [1.165, 1.54) is 0 Å². The van der Waals surface area contributed by atoms with Crippen LogP contribution in [0.4, 0.5) is 0 Å². The minimum Gasteiger partial charge on any atom is -0.493 e. The largest absolute Gasteiger partial charge is 0.493 e. The van der Waals surface area contributed by atoms with Gasteiger partial charge in [-0.1, -0.05) is 34.1 Å². The summed E-state index contributed by atoms with van der Waals surface area (Å²) >= 11 is 6.99. The summed E-state index contributed by atoms with van der Waals surface area (Å²) in [5.41, 5.74) is 2.12. The first kappa shape index (κ1) is 16.2. The van der Waals surface area contributed by atoms with Gasteiger partial charge in [-0.15, -0.1) is 0 Å². The number of alkyl halides is 1. The Morgan fingerprint density at radius 2 is 1.76 bits per heavy atom. The Kier molecular flexibility index (Phi) is 5.94. The molecule has 3 nitrogen and oxygen atoms in total. The van der Waals surface area contributed by atoms with E-state index in [0.717, 1.165) is 26.7 Å². The highest BCUT2D eigenvalue weighted by atomic mass is 79.9. The van der Waals surface area contributed by atoms with Gasteiger partial charge in [0.2, 0.25) is 0 Å². The maximum absolute atomic E-state index is 5.94. The van der Waals surface area contributed by atoms with Crippen molar-refractivity contribution in [2.75, 3.05) is 14.2 Å². The molecular formula is C16H16Br2O3. The Labute approximate surface area is 141 Å². The molecule has 0 bridgehead atoms. The van der Waals surface area contributed by atoms with Crippen LogP contribution in [0, 0.1) is 0 Å². The van der Waals surface area contributed by atoms with Gasteiger partial charge in [0.05, 0.1) is 18.7 Å². The average molecular weight is 416 g/mol. The van der Waals surface area contributed by atoms with E-state index in [4.69, 9.17) is 14.2 Å². The summed E-state index contributed by atoms with van der Waals surface area (Å²) in [5, 5.41) is 0.744. The molecule has 0 spiro atoms. The van der Waals surface area contributed by atoms with Crippen LogP contribution in [0.25, 0.3) is 0 Å². The topological polar surface area (TPSA) is 27.7 Å². The minimum atomic E-state index is 0.461. The van der Waals surface area contributed by atoms with Gasteiger partial charge in [-0.05, 0) is 39.7 Å². The fourth-order valence-electron chi connectivity index (χ4n) is 1.95. The van der Waals surface area contributed by atoms with Crippen LogP contribution in [-0.2, 0) is 11.9 Å². The highest BCUT2D eigenvalue weighted by Crippen LogP contribution is 2.32. The minimum absolute atomic E-state index is 0.461. The van der Waals surface area contributed by atoms with Gasteiger partial charge < -0.3 is 14.2 Å². The van der Waals surface area contributed by atoms with Gasteiger partial charge in [0, 0.05) is 10.9 Å². The first-order valence-corrected chi connectivity index (χ1v) is 8.28. The lowest BCUT2D eigenvalue weighted by atomic mass is 10.2. The van der Waals surface area contributed by atoms with Crippen LogP contribution in [-0.4, -0.2) is 14.2 Å². The molecular weight excluding hydrogens is 400 g/mol. The second-order valence-corrected chi connectivity index (χ2v) is 5.75. The monoisotopic (exact) mass is 414 g/mol. The summed E-state index contributed by atoms with van der Waals surface area (Å²) < 4.78 is 17.4. The second-order valence-electron chi connectivity index (χ2n) is 4.34. The van der Waals surface area contributed by atoms with E-state index < -0.39 is 0 Å². The molecule has 2 rings (SSSR count). The van der Waals surface area contributed by atoms with Gasteiger partial charge >= 0.3 is 0 Å². The maximum atomic E-state index is 5.94. The molecule has 2 aromatic rings. The Balaban J connectivity index is 2.17. The van der Waals surface area contributed by atoms with E-state index in [2.05, 4.69) is 31.9 Å². The third kappa shape index (κ3) is 3.92. The van der Waals surface area contributed by atoms with Crippen LogP contribution in [0.3, 0.4) is 0 Å². The average Bonchev–Trinajstić information content (AvgIpc) is 2.53. The Morgan fingerprint density at radius 1 is 1.00 bits per heavy atom. The molecule has 21 heavy (non-hydrogen) atoms. The number of hydrogen-bond acceptors (Lipinski definition) is 3. The molecule has 0 heterocycles. The number of rotatable bonds is 6. The standard InChI is InChI=1S/C16H16Br2O3/c1-19-14-7-6-11(8-15(14)20-2)10-21-16-12(9-17)4-3-5-13(16)18/h3-8H,9-10H2,1-2H3. The van der Waals surface area contributed by atoms with Crippen molar-refractivity contribution in [1.29, 1.82) is 0 Å². The SMILES string of the molecule is COc1ccc(COc2c(Br)cccc2CBr)cc1OC. The van der Waals surface area contributed by atoms with Crippen molar-refractivity contribution < 1.29 is 14.2 Å². The zero-order valence-corrected chi connectivity index (χ0v) is 15.0. The van der Waals surface area contributed by atoms with E-state index in [-0.39, 0.29) is 0 Å². The Hall–Kier alpha value is -1.20. The number of benzene rings is 2.